The van der Waals surface area contributed by atoms with Crippen LogP contribution < -0.4 is 10.6 Å². The minimum Gasteiger partial charge on any atom is -0.336 e. The SMILES string of the molecule is CC(C)C[C@H](N[C@H](c1ccc(-c2c(F)cccc2F)cc1)C(F)(F)F)C(=O)N[C@]1(C#N)C[C@@H]1c1ccccc1. The van der Waals surface area contributed by atoms with E-state index in [1.807, 2.05) is 30.3 Å². The molecule has 4 nitrogen and oxygen atoms in total. The van der Waals surface area contributed by atoms with E-state index >= 15 is 0 Å². The van der Waals surface area contributed by atoms with Crippen LogP contribution in [0.3, 0.4) is 0 Å². The zero-order valence-electron chi connectivity index (χ0n) is 21.4. The largest absolute Gasteiger partial charge is 0.407 e. The molecule has 1 saturated carbocycles. The highest BCUT2D eigenvalue weighted by Gasteiger charge is 2.57. The molecule has 1 amide bonds. The van der Waals surface area contributed by atoms with E-state index in [9.17, 15) is 32.0 Å². The number of amides is 1. The van der Waals surface area contributed by atoms with Crippen LogP contribution in [-0.2, 0) is 4.79 Å². The lowest BCUT2D eigenvalue weighted by atomic mass is 9.97. The Kier molecular flexibility index (Phi) is 8.07. The molecule has 0 radical (unpaired) electrons. The molecule has 1 aliphatic rings. The maximum Gasteiger partial charge on any atom is 0.407 e. The fraction of sp³-hybridized carbons (Fsp3) is 0.333. The lowest BCUT2D eigenvalue weighted by Crippen LogP contribution is -2.52. The van der Waals surface area contributed by atoms with Gasteiger partial charge in [0.1, 0.15) is 23.2 Å². The maximum atomic E-state index is 14.3. The average Bonchev–Trinajstić information content (AvgIpc) is 3.61. The summed E-state index contributed by atoms with van der Waals surface area (Å²) in [6.07, 6.45) is -4.32. The topological polar surface area (TPSA) is 64.9 Å². The van der Waals surface area contributed by atoms with Crippen LogP contribution in [0.2, 0.25) is 0 Å². The van der Waals surface area contributed by atoms with Gasteiger partial charge >= 0.3 is 6.18 Å². The van der Waals surface area contributed by atoms with Crippen molar-refractivity contribution >= 4 is 5.91 Å². The predicted octanol–water partition coefficient (Wildman–Crippen LogP) is 6.81. The number of carbonyl (C=O) groups excluding carboxylic acids is 1. The van der Waals surface area contributed by atoms with Gasteiger partial charge < -0.3 is 5.32 Å². The summed E-state index contributed by atoms with van der Waals surface area (Å²) < 4.78 is 71.1. The second kappa shape index (κ2) is 11.1. The van der Waals surface area contributed by atoms with E-state index in [0.717, 1.165) is 29.8 Å². The Balaban J connectivity index is 1.57. The molecule has 2 N–H and O–H groups in total. The van der Waals surface area contributed by atoms with Crippen molar-refractivity contribution in [3.63, 3.8) is 0 Å². The van der Waals surface area contributed by atoms with Crippen molar-refractivity contribution in [2.45, 2.75) is 56.4 Å². The molecular weight excluding hydrogens is 513 g/mol. The maximum absolute atomic E-state index is 14.3. The van der Waals surface area contributed by atoms with Crippen molar-refractivity contribution in [2.24, 2.45) is 5.92 Å². The van der Waals surface area contributed by atoms with Gasteiger partial charge in [-0.25, -0.2) is 8.78 Å². The van der Waals surface area contributed by atoms with Gasteiger partial charge in [0.15, 0.2) is 0 Å². The number of halogens is 5. The van der Waals surface area contributed by atoms with E-state index in [1.54, 1.807) is 13.8 Å². The fourth-order valence-electron chi connectivity index (χ4n) is 4.87. The molecule has 1 aliphatic carbocycles. The molecule has 3 aromatic carbocycles. The van der Waals surface area contributed by atoms with Crippen molar-refractivity contribution in [1.29, 1.82) is 5.26 Å². The van der Waals surface area contributed by atoms with Crippen LogP contribution in [0.5, 0.6) is 0 Å². The standard InChI is InChI=1S/C30H28F5N3O/c1-18(2)15-25(28(39)38-29(17-36)16-22(29)19-7-4-3-5-8-19)37-27(30(33,34)35)21-13-11-20(12-14-21)26-23(31)9-6-10-24(26)32/h3-14,18,22,25,27,37H,15-16H2,1-2H3,(H,38,39)/t22-,25+,27-,29+/m1/s1. The van der Waals surface area contributed by atoms with E-state index in [1.165, 1.54) is 18.2 Å². The molecule has 4 atom stereocenters. The third-order valence-corrected chi connectivity index (χ3v) is 6.92. The van der Waals surface area contributed by atoms with E-state index < -0.39 is 41.3 Å². The van der Waals surface area contributed by atoms with Crippen molar-refractivity contribution in [3.05, 3.63) is 95.6 Å². The number of alkyl halides is 3. The van der Waals surface area contributed by atoms with E-state index in [-0.39, 0.29) is 34.9 Å². The van der Waals surface area contributed by atoms with Gasteiger partial charge in [0.05, 0.1) is 17.7 Å². The summed E-state index contributed by atoms with van der Waals surface area (Å²) in [5, 5.41) is 15.0. The van der Waals surface area contributed by atoms with Crippen molar-refractivity contribution in [2.75, 3.05) is 0 Å². The number of nitriles is 1. The van der Waals surface area contributed by atoms with Crippen molar-refractivity contribution < 1.29 is 26.7 Å². The van der Waals surface area contributed by atoms with Gasteiger partial charge in [-0.1, -0.05) is 74.5 Å². The molecule has 204 valence electrons. The first kappa shape index (κ1) is 28.2. The third kappa shape index (κ3) is 6.28. The Hall–Kier alpha value is -3.77. The molecule has 4 rings (SSSR count). The highest BCUT2D eigenvalue weighted by molar-refractivity contribution is 5.84. The van der Waals surface area contributed by atoms with Crippen LogP contribution in [0.25, 0.3) is 11.1 Å². The van der Waals surface area contributed by atoms with Gasteiger partial charge in [-0.2, -0.15) is 18.4 Å². The number of nitrogens with zero attached hydrogens (tertiary/aromatic N) is 1. The van der Waals surface area contributed by atoms with E-state index in [4.69, 9.17) is 0 Å². The summed E-state index contributed by atoms with van der Waals surface area (Å²) in [6.45, 7) is 3.57. The quantitative estimate of drug-likeness (QED) is 0.293. The molecule has 1 fully saturated rings. The molecule has 0 aromatic heterocycles. The minimum absolute atomic E-state index is 0.0865. The number of nitrogens with one attached hydrogen (secondary N) is 2. The molecule has 0 aliphatic heterocycles. The second-order valence-electron chi connectivity index (χ2n) is 10.3. The molecule has 9 heteroatoms. The normalized spacial score (nSPS) is 20.2. The summed E-state index contributed by atoms with van der Waals surface area (Å²) in [7, 11) is 0. The first-order valence-electron chi connectivity index (χ1n) is 12.6. The van der Waals surface area contributed by atoms with Crippen LogP contribution in [0.1, 0.15) is 49.8 Å². The van der Waals surface area contributed by atoms with Crippen LogP contribution in [0, 0.1) is 28.9 Å². The lowest BCUT2D eigenvalue weighted by Gasteiger charge is -2.29. The molecule has 3 aromatic rings. The summed E-state index contributed by atoms with van der Waals surface area (Å²) in [4.78, 5) is 13.3. The number of carbonyl (C=O) groups is 1. The second-order valence-corrected chi connectivity index (χ2v) is 10.3. The molecule has 0 bridgehead atoms. The molecule has 0 heterocycles. The molecule has 0 saturated heterocycles. The number of hydrogen-bond donors (Lipinski definition) is 2. The molecular formula is C30H28F5N3O. The van der Waals surface area contributed by atoms with Crippen LogP contribution in [0.15, 0.2) is 72.8 Å². The van der Waals surface area contributed by atoms with Gasteiger partial charge in [0, 0.05) is 5.92 Å². The fourth-order valence-corrected chi connectivity index (χ4v) is 4.87. The van der Waals surface area contributed by atoms with Crippen molar-refractivity contribution in [3.8, 4) is 17.2 Å². The summed E-state index contributed by atoms with van der Waals surface area (Å²) in [6, 6.07) is 15.9. The zero-order valence-corrected chi connectivity index (χ0v) is 21.4. The van der Waals surface area contributed by atoms with E-state index in [0.29, 0.717) is 6.42 Å². The molecule has 39 heavy (non-hydrogen) atoms. The van der Waals surface area contributed by atoms with Gasteiger partial charge in [0.2, 0.25) is 5.91 Å². The average molecular weight is 542 g/mol. The summed E-state index contributed by atoms with van der Waals surface area (Å²) in [5.41, 5.74) is -0.783. The number of benzene rings is 3. The van der Waals surface area contributed by atoms with Gasteiger partial charge in [-0.15, -0.1) is 0 Å². The van der Waals surface area contributed by atoms with Crippen LogP contribution in [-0.4, -0.2) is 23.7 Å². The Labute approximate surface area is 223 Å². The highest BCUT2D eigenvalue weighted by atomic mass is 19.4. The van der Waals surface area contributed by atoms with Gasteiger partial charge in [-0.05, 0) is 47.6 Å². The zero-order chi connectivity index (χ0) is 28.4. The lowest BCUT2D eigenvalue weighted by molar-refractivity contribution is -0.161. The minimum atomic E-state index is -4.78. The highest BCUT2D eigenvalue weighted by Crippen LogP contribution is 2.51. The van der Waals surface area contributed by atoms with E-state index in [2.05, 4.69) is 16.7 Å². The van der Waals surface area contributed by atoms with Gasteiger partial charge in [0.25, 0.3) is 0 Å². The summed E-state index contributed by atoms with van der Waals surface area (Å²) in [5.74, 6) is -2.74. The predicted molar refractivity (Wildman–Crippen MR) is 137 cm³/mol. The monoisotopic (exact) mass is 541 g/mol. The first-order chi connectivity index (χ1) is 18.4. The third-order valence-electron chi connectivity index (χ3n) is 6.92. The van der Waals surface area contributed by atoms with Crippen molar-refractivity contribution in [1.82, 2.24) is 10.6 Å². The first-order valence-corrected chi connectivity index (χ1v) is 12.6. The summed E-state index contributed by atoms with van der Waals surface area (Å²) >= 11 is 0. The number of rotatable bonds is 9. The van der Waals surface area contributed by atoms with Gasteiger partial charge in [-0.3, -0.25) is 10.1 Å². The Morgan fingerprint density at radius 2 is 1.62 bits per heavy atom. The van der Waals surface area contributed by atoms with Crippen LogP contribution in [0.4, 0.5) is 22.0 Å². The molecule has 0 spiro atoms. The Morgan fingerprint density at radius 1 is 1.00 bits per heavy atom. The van der Waals surface area contributed by atoms with Crippen LogP contribution >= 0.6 is 0 Å². The Bertz CT molecular complexity index is 1330. The smallest absolute Gasteiger partial charge is 0.336 e. The Morgan fingerprint density at radius 3 is 2.15 bits per heavy atom. The molecule has 0 unspecified atom stereocenters. The number of hydrogen-bond acceptors (Lipinski definition) is 3.